The van der Waals surface area contributed by atoms with E-state index in [4.69, 9.17) is 4.42 Å². The molecule has 0 bridgehead atoms. The van der Waals surface area contributed by atoms with E-state index < -0.39 is 0 Å². The van der Waals surface area contributed by atoms with Gasteiger partial charge in [0.25, 0.3) is 0 Å². The summed E-state index contributed by atoms with van der Waals surface area (Å²) in [5.74, 6) is 1.67. The van der Waals surface area contributed by atoms with Crippen molar-refractivity contribution >= 4 is 6.08 Å². The fourth-order valence-electron chi connectivity index (χ4n) is 1.43. The molecule has 1 rings (SSSR count). The van der Waals surface area contributed by atoms with E-state index in [0.29, 0.717) is 12.2 Å². The largest absolute Gasteiger partial charge is 0.461 e. The second-order valence-corrected chi connectivity index (χ2v) is 4.15. The van der Waals surface area contributed by atoms with E-state index in [1.807, 2.05) is 26.8 Å². The van der Waals surface area contributed by atoms with Crippen LogP contribution in [0, 0.1) is 16.0 Å². The standard InChI is InChI=1S/C12H17NO3/c1-4-11-5-6-12(16-11)8-10(13(14)15)7-9(2)3/h5-6,8-9H,4,7H2,1-3H3. The van der Waals surface area contributed by atoms with Gasteiger partial charge in [-0.1, -0.05) is 20.8 Å². The van der Waals surface area contributed by atoms with E-state index >= 15 is 0 Å². The van der Waals surface area contributed by atoms with Gasteiger partial charge in [0.05, 0.1) is 11.0 Å². The van der Waals surface area contributed by atoms with Crippen molar-refractivity contribution in [2.24, 2.45) is 5.92 Å². The van der Waals surface area contributed by atoms with Gasteiger partial charge in [-0.3, -0.25) is 10.1 Å². The Morgan fingerprint density at radius 1 is 1.56 bits per heavy atom. The Labute approximate surface area is 95.1 Å². The molecule has 4 heteroatoms. The number of aryl methyl sites for hydroxylation is 1. The molecule has 0 fully saturated rings. The summed E-state index contributed by atoms with van der Waals surface area (Å²) in [5, 5.41) is 10.8. The first-order valence-corrected chi connectivity index (χ1v) is 5.46. The molecule has 0 saturated carbocycles. The third-order valence-corrected chi connectivity index (χ3v) is 2.19. The maximum Gasteiger partial charge on any atom is 0.250 e. The van der Waals surface area contributed by atoms with Crippen molar-refractivity contribution in [2.75, 3.05) is 0 Å². The zero-order valence-electron chi connectivity index (χ0n) is 9.90. The quantitative estimate of drug-likeness (QED) is 0.567. The summed E-state index contributed by atoms with van der Waals surface area (Å²) < 4.78 is 5.41. The summed E-state index contributed by atoms with van der Waals surface area (Å²) >= 11 is 0. The highest BCUT2D eigenvalue weighted by atomic mass is 16.6. The van der Waals surface area contributed by atoms with Crippen molar-refractivity contribution in [3.05, 3.63) is 39.5 Å². The Kier molecular flexibility index (Phi) is 4.28. The molecule has 1 aromatic heterocycles. The first-order valence-electron chi connectivity index (χ1n) is 5.46. The lowest BCUT2D eigenvalue weighted by atomic mass is 10.1. The van der Waals surface area contributed by atoms with Gasteiger partial charge < -0.3 is 4.42 Å². The Balaban J connectivity index is 2.88. The fraction of sp³-hybridized carbons (Fsp3) is 0.500. The molecular formula is C12H17NO3. The first-order chi connectivity index (χ1) is 7.52. The maximum atomic E-state index is 10.8. The number of nitrogens with zero attached hydrogens (tertiary/aromatic N) is 1. The molecule has 0 N–H and O–H groups in total. The van der Waals surface area contributed by atoms with Crippen LogP contribution in [0.25, 0.3) is 6.08 Å². The molecule has 0 spiro atoms. The molecule has 0 aliphatic carbocycles. The monoisotopic (exact) mass is 223 g/mol. The molecule has 0 atom stereocenters. The Hall–Kier alpha value is -1.58. The number of rotatable bonds is 5. The molecule has 16 heavy (non-hydrogen) atoms. The number of nitro groups is 1. The molecule has 1 aromatic rings. The Morgan fingerprint density at radius 2 is 2.25 bits per heavy atom. The van der Waals surface area contributed by atoms with E-state index in [2.05, 4.69) is 0 Å². The van der Waals surface area contributed by atoms with Gasteiger partial charge in [0.2, 0.25) is 5.70 Å². The molecule has 4 nitrogen and oxygen atoms in total. The van der Waals surface area contributed by atoms with Crippen LogP contribution < -0.4 is 0 Å². The highest BCUT2D eigenvalue weighted by Gasteiger charge is 2.14. The molecule has 88 valence electrons. The van der Waals surface area contributed by atoms with Gasteiger partial charge in [-0.25, -0.2) is 0 Å². The zero-order chi connectivity index (χ0) is 12.1. The highest BCUT2D eigenvalue weighted by molar-refractivity contribution is 5.45. The summed E-state index contributed by atoms with van der Waals surface area (Å²) in [5.41, 5.74) is 0.201. The average molecular weight is 223 g/mol. The van der Waals surface area contributed by atoms with Gasteiger partial charge in [-0.2, -0.15) is 0 Å². The molecule has 0 aliphatic rings. The summed E-state index contributed by atoms with van der Waals surface area (Å²) in [6.07, 6.45) is 2.76. The summed E-state index contributed by atoms with van der Waals surface area (Å²) in [4.78, 5) is 10.5. The van der Waals surface area contributed by atoms with Crippen molar-refractivity contribution in [1.29, 1.82) is 0 Å². The molecule has 0 aromatic carbocycles. The zero-order valence-corrected chi connectivity index (χ0v) is 9.90. The van der Waals surface area contributed by atoms with E-state index in [-0.39, 0.29) is 16.5 Å². The Bertz CT molecular complexity index is 391. The molecule has 0 aliphatic heterocycles. The first kappa shape index (κ1) is 12.5. The van der Waals surface area contributed by atoms with Crippen LogP contribution in [0.5, 0.6) is 0 Å². The maximum absolute atomic E-state index is 10.8. The van der Waals surface area contributed by atoms with Crippen molar-refractivity contribution in [2.45, 2.75) is 33.6 Å². The van der Waals surface area contributed by atoms with Crippen LogP contribution in [0.3, 0.4) is 0 Å². The third kappa shape index (κ3) is 3.53. The van der Waals surface area contributed by atoms with Gasteiger partial charge in [0, 0.05) is 12.8 Å². The highest BCUT2D eigenvalue weighted by Crippen LogP contribution is 2.17. The number of allylic oxidation sites excluding steroid dienone is 1. The summed E-state index contributed by atoms with van der Waals surface area (Å²) in [6, 6.07) is 3.61. The van der Waals surface area contributed by atoms with Crippen LogP contribution in [-0.2, 0) is 6.42 Å². The molecule has 0 saturated heterocycles. The van der Waals surface area contributed by atoms with Gasteiger partial charge in [-0.05, 0) is 18.1 Å². The topological polar surface area (TPSA) is 56.3 Å². The minimum atomic E-state index is -0.339. The van der Waals surface area contributed by atoms with Gasteiger partial charge >= 0.3 is 0 Å². The van der Waals surface area contributed by atoms with Crippen molar-refractivity contribution in [3.63, 3.8) is 0 Å². The van der Waals surface area contributed by atoms with Crippen LogP contribution in [0.4, 0.5) is 0 Å². The number of hydrogen-bond donors (Lipinski definition) is 0. The minimum absolute atomic E-state index is 0.201. The molecule has 1 heterocycles. The lowest BCUT2D eigenvalue weighted by Gasteiger charge is -2.01. The van der Waals surface area contributed by atoms with Gasteiger partial charge in [-0.15, -0.1) is 0 Å². The summed E-state index contributed by atoms with van der Waals surface area (Å²) in [6.45, 7) is 5.89. The third-order valence-electron chi connectivity index (χ3n) is 2.19. The SMILES string of the molecule is CCc1ccc(C=C(CC(C)C)[N+](=O)[O-])o1. The van der Waals surface area contributed by atoms with E-state index in [0.717, 1.165) is 12.2 Å². The number of furan rings is 1. The summed E-state index contributed by atoms with van der Waals surface area (Å²) in [7, 11) is 0. The normalized spacial score (nSPS) is 12.1. The van der Waals surface area contributed by atoms with E-state index in [1.54, 1.807) is 6.07 Å². The average Bonchev–Trinajstić information content (AvgIpc) is 2.63. The second kappa shape index (κ2) is 5.49. The smallest absolute Gasteiger partial charge is 0.250 e. The molecular weight excluding hydrogens is 206 g/mol. The molecule has 0 amide bonds. The van der Waals surface area contributed by atoms with E-state index in [9.17, 15) is 10.1 Å². The lowest BCUT2D eigenvalue weighted by Crippen LogP contribution is -2.02. The Morgan fingerprint density at radius 3 is 2.69 bits per heavy atom. The molecule has 0 radical (unpaired) electrons. The van der Waals surface area contributed by atoms with Crippen molar-refractivity contribution in [3.8, 4) is 0 Å². The predicted molar refractivity (Wildman–Crippen MR) is 62.5 cm³/mol. The van der Waals surface area contributed by atoms with Gasteiger partial charge in [0.15, 0.2) is 0 Å². The predicted octanol–water partition coefficient (Wildman–Crippen LogP) is 3.51. The second-order valence-electron chi connectivity index (χ2n) is 4.15. The van der Waals surface area contributed by atoms with Crippen LogP contribution >= 0.6 is 0 Å². The van der Waals surface area contributed by atoms with Crippen molar-refractivity contribution < 1.29 is 9.34 Å². The van der Waals surface area contributed by atoms with E-state index in [1.165, 1.54) is 6.08 Å². The minimum Gasteiger partial charge on any atom is -0.461 e. The van der Waals surface area contributed by atoms with Crippen molar-refractivity contribution in [1.82, 2.24) is 0 Å². The van der Waals surface area contributed by atoms with Gasteiger partial charge in [0.1, 0.15) is 11.5 Å². The van der Waals surface area contributed by atoms with Crippen LogP contribution in [0.2, 0.25) is 0 Å². The van der Waals surface area contributed by atoms with Crippen LogP contribution in [0.15, 0.2) is 22.2 Å². The van der Waals surface area contributed by atoms with Crippen LogP contribution in [-0.4, -0.2) is 4.92 Å². The molecule has 0 unspecified atom stereocenters. The number of hydrogen-bond acceptors (Lipinski definition) is 3. The lowest BCUT2D eigenvalue weighted by molar-refractivity contribution is -0.427. The fourth-order valence-corrected chi connectivity index (χ4v) is 1.43. The van der Waals surface area contributed by atoms with Crippen LogP contribution in [0.1, 0.15) is 38.7 Å².